The largest absolute Gasteiger partial charge is 0.356 e. The average Bonchev–Trinajstić information content (AvgIpc) is 3.05. The van der Waals surface area contributed by atoms with Crippen LogP contribution in [0, 0.1) is 11.3 Å². The Morgan fingerprint density at radius 1 is 1.36 bits per heavy atom. The highest BCUT2D eigenvalue weighted by molar-refractivity contribution is 5.42. The number of nitriles is 1. The monoisotopic (exact) mass is 296 g/mol. The quantitative estimate of drug-likeness (QED) is 0.870. The third-order valence-electron chi connectivity index (χ3n) is 4.12. The van der Waals surface area contributed by atoms with Crippen molar-refractivity contribution in [2.45, 2.75) is 38.6 Å². The predicted molar refractivity (Wildman–Crippen MR) is 83.5 cm³/mol. The van der Waals surface area contributed by atoms with Crippen LogP contribution in [0.2, 0.25) is 0 Å². The summed E-state index contributed by atoms with van der Waals surface area (Å²) in [4.78, 5) is 6.65. The molecular formula is C16H20N6. The molecule has 0 spiro atoms. The van der Waals surface area contributed by atoms with Crippen molar-refractivity contribution in [3.8, 4) is 6.07 Å². The molecule has 1 aliphatic rings. The van der Waals surface area contributed by atoms with Gasteiger partial charge in [0, 0.05) is 25.0 Å². The lowest BCUT2D eigenvalue weighted by Gasteiger charge is -2.33. The van der Waals surface area contributed by atoms with E-state index in [4.69, 9.17) is 5.26 Å². The van der Waals surface area contributed by atoms with Crippen LogP contribution in [-0.4, -0.2) is 32.8 Å². The number of piperidine rings is 1. The van der Waals surface area contributed by atoms with E-state index in [0.29, 0.717) is 17.7 Å². The molecule has 1 fully saturated rings. The number of aromatic nitrogens is 4. The summed E-state index contributed by atoms with van der Waals surface area (Å²) in [6, 6.07) is 8.06. The smallest absolute Gasteiger partial charge is 0.142 e. The molecule has 0 bridgehead atoms. The van der Waals surface area contributed by atoms with Gasteiger partial charge in [0.05, 0.1) is 0 Å². The van der Waals surface area contributed by atoms with Crippen LogP contribution in [0.1, 0.15) is 50.2 Å². The number of pyridine rings is 1. The summed E-state index contributed by atoms with van der Waals surface area (Å²) < 4.78 is 2.15. The Balaban J connectivity index is 1.82. The first-order valence-electron chi connectivity index (χ1n) is 7.70. The van der Waals surface area contributed by atoms with Gasteiger partial charge in [-0.1, -0.05) is 6.07 Å². The van der Waals surface area contributed by atoms with Gasteiger partial charge in [-0.05, 0) is 38.8 Å². The topological polar surface area (TPSA) is 70.6 Å². The minimum Gasteiger partial charge on any atom is -0.356 e. The van der Waals surface area contributed by atoms with Crippen LogP contribution in [0.25, 0.3) is 0 Å². The maximum atomic E-state index is 9.01. The first kappa shape index (κ1) is 14.5. The van der Waals surface area contributed by atoms with Crippen molar-refractivity contribution >= 4 is 5.82 Å². The van der Waals surface area contributed by atoms with Crippen molar-refractivity contribution < 1.29 is 0 Å². The molecule has 0 aromatic carbocycles. The molecule has 0 aliphatic carbocycles. The Hall–Kier alpha value is -2.42. The normalized spacial score (nSPS) is 18.5. The van der Waals surface area contributed by atoms with E-state index in [1.54, 1.807) is 6.07 Å². The molecule has 6 nitrogen and oxygen atoms in total. The predicted octanol–water partition coefficient (Wildman–Crippen LogP) is 2.51. The average molecular weight is 296 g/mol. The number of nitrogens with zero attached hydrogens (tertiary/aromatic N) is 6. The fourth-order valence-electron chi connectivity index (χ4n) is 3.00. The third kappa shape index (κ3) is 2.80. The second-order valence-electron chi connectivity index (χ2n) is 5.97. The summed E-state index contributed by atoms with van der Waals surface area (Å²) >= 11 is 0. The van der Waals surface area contributed by atoms with Crippen molar-refractivity contribution in [3.05, 3.63) is 36.0 Å². The molecule has 22 heavy (non-hydrogen) atoms. The molecule has 6 heteroatoms. The fourth-order valence-corrected chi connectivity index (χ4v) is 3.00. The first-order chi connectivity index (χ1) is 10.7. The zero-order chi connectivity index (χ0) is 15.5. The zero-order valence-corrected chi connectivity index (χ0v) is 13.0. The van der Waals surface area contributed by atoms with Gasteiger partial charge in [-0.15, -0.1) is 10.2 Å². The van der Waals surface area contributed by atoms with Gasteiger partial charge < -0.3 is 9.47 Å². The Morgan fingerprint density at radius 3 is 3.00 bits per heavy atom. The molecule has 0 N–H and O–H groups in total. The minimum absolute atomic E-state index is 0.353. The molecular weight excluding hydrogens is 276 g/mol. The molecule has 0 amide bonds. The van der Waals surface area contributed by atoms with E-state index in [1.807, 2.05) is 18.5 Å². The number of anilines is 1. The second kappa shape index (κ2) is 6.14. The molecule has 3 heterocycles. The molecule has 1 saturated heterocycles. The van der Waals surface area contributed by atoms with E-state index >= 15 is 0 Å². The van der Waals surface area contributed by atoms with Gasteiger partial charge in [-0.25, -0.2) is 4.98 Å². The fraction of sp³-hybridized carbons (Fsp3) is 0.500. The molecule has 0 unspecified atom stereocenters. The lowest BCUT2D eigenvalue weighted by Crippen LogP contribution is -2.36. The van der Waals surface area contributed by atoms with Gasteiger partial charge in [-0.3, -0.25) is 0 Å². The minimum atomic E-state index is 0.353. The van der Waals surface area contributed by atoms with Crippen molar-refractivity contribution in [2.75, 3.05) is 18.0 Å². The van der Waals surface area contributed by atoms with Crippen molar-refractivity contribution in [1.82, 2.24) is 19.7 Å². The third-order valence-corrected chi connectivity index (χ3v) is 4.12. The number of hydrogen-bond donors (Lipinski definition) is 0. The highest BCUT2D eigenvalue weighted by atomic mass is 15.3. The van der Waals surface area contributed by atoms with Crippen LogP contribution in [0.4, 0.5) is 5.82 Å². The van der Waals surface area contributed by atoms with Crippen LogP contribution in [0.5, 0.6) is 0 Å². The zero-order valence-electron chi connectivity index (χ0n) is 13.0. The molecule has 0 radical (unpaired) electrons. The standard InChI is InChI=1S/C16H20N6/c1-12(2)22-11-18-20-16(22)13-5-4-8-21(10-13)15-7-3-6-14(9-17)19-15/h3,6-7,11-13H,4-5,8,10H2,1-2H3/t13-/m0/s1. The summed E-state index contributed by atoms with van der Waals surface area (Å²) in [5.41, 5.74) is 0.463. The van der Waals surface area contributed by atoms with E-state index in [1.165, 1.54) is 0 Å². The maximum absolute atomic E-state index is 9.01. The van der Waals surface area contributed by atoms with Gasteiger partial charge in [0.25, 0.3) is 0 Å². The van der Waals surface area contributed by atoms with Gasteiger partial charge in [0.1, 0.15) is 29.7 Å². The van der Waals surface area contributed by atoms with E-state index in [-0.39, 0.29) is 0 Å². The highest BCUT2D eigenvalue weighted by Crippen LogP contribution is 2.29. The lowest BCUT2D eigenvalue weighted by atomic mass is 9.97. The molecule has 1 aliphatic heterocycles. The lowest BCUT2D eigenvalue weighted by molar-refractivity contribution is 0.453. The Bertz CT molecular complexity index is 684. The van der Waals surface area contributed by atoms with Crippen LogP contribution < -0.4 is 4.90 Å². The first-order valence-corrected chi connectivity index (χ1v) is 7.70. The summed E-state index contributed by atoms with van der Waals surface area (Å²) in [5.74, 6) is 2.28. The highest BCUT2D eigenvalue weighted by Gasteiger charge is 2.26. The van der Waals surface area contributed by atoms with E-state index in [0.717, 1.165) is 37.6 Å². The van der Waals surface area contributed by atoms with Crippen molar-refractivity contribution in [2.24, 2.45) is 0 Å². The van der Waals surface area contributed by atoms with Gasteiger partial charge in [0.15, 0.2) is 0 Å². The molecule has 2 aromatic rings. The van der Waals surface area contributed by atoms with Gasteiger partial charge >= 0.3 is 0 Å². The SMILES string of the molecule is CC(C)n1cnnc1[C@H]1CCCN(c2cccc(C#N)n2)C1. The van der Waals surface area contributed by atoms with Crippen molar-refractivity contribution in [3.63, 3.8) is 0 Å². The molecule has 0 saturated carbocycles. The van der Waals surface area contributed by atoms with Crippen LogP contribution >= 0.6 is 0 Å². The van der Waals surface area contributed by atoms with Crippen LogP contribution in [0.15, 0.2) is 24.5 Å². The van der Waals surface area contributed by atoms with E-state index in [2.05, 4.69) is 44.6 Å². The molecule has 1 atom stereocenters. The summed E-state index contributed by atoms with van der Waals surface area (Å²) in [7, 11) is 0. The summed E-state index contributed by atoms with van der Waals surface area (Å²) in [6.07, 6.45) is 4.02. The van der Waals surface area contributed by atoms with Crippen LogP contribution in [0.3, 0.4) is 0 Å². The second-order valence-corrected chi connectivity index (χ2v) is 5.97. The summed E-state index contributed by atoms with van der Waals surface area (Å²) in [5, 5.41) is 17.4. The molecule has 3 rings (SSSR count). The number of hydrogen-bond acceptors (Lipinski definition) is 5. The Morgan fingerprint density at radius 2 is 2.23 bits per heavy atom. The van der Waals surface area contributed by atoms with Crippen LogP contribution in [-0.2, 0) is 0 Å². The van der Waals surface area contributed by atoms with Gasteiger partial charge in [-0.2, -0.15) is 5.26 Å². The number of rotatable bonds is 3. The van der Waals surface area contributed by atoms with E-state index < -0.39 is 0 Å². The Kier molecular flexibility index (Phi) is 4.05. The molecule has 114 valence electrons. The van der Waals surface area contributed by atoms with Gasteiger partial charge in [0.2, 0.25) is 0 Å². The molecule has 2 aromatic heterocycles. The van der Waals surface area contributed by atoms with Crippen molar-refractivity contribution in [1.29, 1.82) is 5.26 Å². The van der Waals surface area contributed by atoms with E-state index in [9.17, 15) is 0 Å². The summed E-state index contributed by atoms with van der Waals surface area (Å²) in [6.45, 7) is 6.12. The maximum Gasteiger partial charge on any atom is 0.142 e. The Labute approximate surface area is 130 Å².